The Bertz CT molecular complexity index is 877. The van der Waals surface area contributed by atoms with E-state index in [1.807, 2.05) is 36.4 Å². The van der Waals surface area contributed by atoms with Crippen LogP contribution in [0.1, 0.15) is 109 Å². The lowest BCUT2D eigenvalue weighted by Gasteiger charge is -2.26. The van der Waals surface area contributed by atoms with E-state index in [1.54, 1.807) is 13.8 Å². The fraction of sp³-hybridized carbons (Fsp3) is 0.500. The Morgan fingerprint density at radius 1 is 0.625 bits per heavy atom. The molecule has 2 unspecified atom stereocenters. The predicted octanol–water partition coefficient (Wildman–Crippen LogP) is 5.82. The van der Waals surface area contributed by atoms with E-state index in [0.29, 0.717) is 11.8 Å². The average Bonchev–Trinajstić information content (AvgIpc) is 2.80. The van der Waals surface area contributed by atoms with E-state index < -0.39 is 0 Å². The lowest BCUT2D eigenvalue weighted by Crippen LogP contribution is -2.18. The summed E-state index contributed by atoms with van der Waals surface area (Å²) in [7, 11) is 0. The highest BCUT2D eigenvalue weighted by atomic mass is 16.3. The molecule has 0 aliphatic heterocycles. The number of rotatable bonds is 4. The number of hydrogen-bond donors (Lipinski definition) is 2. The molecule has 172 valence electrons. The number of ketones is 2. The summed E-state index contributed by atoms with van der Waals surface area (Å²) in [5, 5.41) is 19.1. The Morgan fingerprint density at radius 3 is 1.53 bits per heavy atom. The molecule has 2 fully saturated rings. The molecule has 2 aliphatic rings. The van der Waals surface area contributed by atoms with E-state index in [1.165, 1.54) is 11.1 Å². The third-order valence-corrected chi connectivity index (χ3v) is 6.92. The molecule has 0 aromatic heterocycles. The van der Waals surface area contributed by atoms with E-state index in [0.717, 1.165) is 62.5 Å². The van der Waals surface area contributed by atoms with Crippen molar-refractivity contribution in [2.24, 2.45) is 0 Å². The molecule has 2 N–H and O–H groups in total. The van der Waals surface area contributed by atoms with Crippen molar-refractivity contribution >= 4 is 11.6 Å². The Morgan fingerprint density at radius 2 is 1.09 bits per heavy atom. The van der Waals surface area contributed by atoms with Crippen molar-refractivity contribution in [1.82, 2.24) is 0 Å². The highest BCUT2D eigenvalue weighted by molar-refractivity contribution is 5.94. The van der Waals surface area contributed by atoms with Crippen LogP contribution in [-0.2, 0) is 0 Å². The summed E-state index contributed by atoms with van der Waals surface area (Å²) in [5.74, 6) is 1.25. The van der Waals surface area contributed by atoms with Crippen molar-refractivity contribution in [3.8, 4) is 0 Å². The second-order valence-electron chi connectivity index (χ2n) is 9.38. The van der Waals surface area contributed by atoms with Gasteiger partial charge in [-0.3, -0.25) is 9.59 Å². The van der Waals surface area contributed by atoms with Gasteiger partial charge >= 0.3 is 0 Å². The van der Waals surface area contributed by atoms with Crippen LogP contribution in [0.3, 0.4) is 0 Å². The molecule has 0 heterocycles. The van der Waals surface area contributed by atoms with Crippen LogP contribution in [0.15, 0.2) is 48.5 Å². The van der Waals surface area contributed by atoms with E-state index >= 15 is 0 Å². The summed E-state index contributed by atoms with van der Waals surface area (Å²) < 4.78 is 0. The van der Waals surface area contributed by atoms with Gasteiger partial charge in [0, 0.05) is 11.1 Å². The van der Waals surface area contributed by atoms with Gasteiger partial charge in [0.05, 0.1) is 12.2 Å². The van der Waals surface area contributed by atoms with E-state index in [2.05, 4.69) is 12.1 Å². The van der Waals surface area contributed by atoms with Crippen LogP contribution in [0.5, 0.6) is 0 Å². The molecule has 0 radical (unpaired) electrons. The molecule has 2 aliphatic carbocycles. The van der Waals surface area contributed by atoms with Gasteiger partial charge < -0.3 is 10.2 Å². The molecular weight excluding hydrogens is 400 g/mol. The molecule has 4 rings (SSSR count). The third kappa shape index (κ3) is 6.85. The quantitative estimate of drug-likeness (QED) is 0.593. The van der Waals surface area contributed by atoms with Crippen molar-refractivity contribution in [2.75, 3.05) is 0 Å². The molecule has 0 saturated heterocycles. The molecule has 4 heteroatoms. The van der Waals surface area contributed by atoms with Gasteiger partial charge in [0.25, 0.3) is 0 Å². The third-order valence-electron chi connectivity index (χ3n) is 6.92. The largest absolute Gasteiger partial charge is 0.393 e. The Labute approximate surface area is 191 Å². The summed E-state index contributed by atoms with van der Waals surface area (Å²) >= 11 is 0. The summed E-state index contributed by atoms with van der Waals surface area (Å²) in [4.78, 5) is 22.3. The molecular formula is C28H36O4. The van der Waals surface area contributed by atoms with Crippen molar-refractivity contribution in [1.29, 1.82) is 0 Å². The second-order valence-corrected chi connectivity index (χ2v) is 9.38. The number of hydrogen-bond acceptors (Lipinski definition) is 4. The van der Waals surface area contributed by atoms with Gasteiger partial charge in [-0.05, 0) is 81.8 Å². The summed E-state index contributed by atoms with van der Waals surface area (Å²) in [5.41, 5.74) is 4.10. The number of aliphatic hydroxyl groups excluding tert-OH is 2. The zero-order chi connectivity index (χ0) is 23.1. The summed E-state index contributed by atoms with van der Waals surface area (Å²) in [6.07, 6.45) is 7.71. The monoisotopic (exact) mass is 436 g/mol. The minimum Gasteiger partial charge on any atom is -0.393 e. The van der Waals surface area contributed by atoms with Crippen molar-refractivity contribution < 1.29 is 19.8 Å². The smallest absolute Gasteiger partial charge is 0.159 e. The van der Waals surface area contributed by atoms with Gasteiger partial charge in [-0.15, -0.1) is 0 Å². The maximum absolute atomic E-state index is 11.1. The number of carbonyl (C=O) groups is 2. The number of aliphatic hydroxyl groups is 2. The van der Waals surface area contributed by atoms with Crippen LogP contribution in [0.4, 0.5) is 0 Å². The maximum Gasteiger partial charge on any atom is 0.159 e. The molecule has 4 nitrogen and oxygen atoms in total. The molecule has 32 heavy (non-hydrogen) atoms. The minimum atomic E-state index is -0.147. The van der Waals surface area contributed by atoms with Gasteiger partial charge in [-0.2, -0.15) is 0 Å². The summed E-state index contributed by atoms with van der Waals surface area (Å²) in [6.45, 7) is 3.17. The van der Waals surface area contributed by atoms with Gasteiger partial charge in [0.2, 0.25) is 0 Å². The highest BCUT2D eigenvalue weighted by Crippen LogP contribution is 2.33. The van der Waals surface area contributed by atoms with Crippen LogP contribution < -0.4 is 0 Å². The van der Waals surface area contributed by atoms with Gasteiger partial charge in [0.1, 0.15) is 0 Å². The first-order chi connectivity index (χ1) is 15.3. The van der Waals surface area contributed by atoms with Crippen LogP contribution in [-0.4, -0.2) is 34.0 Å². The Balaban J connectivity index is 0.000000181. The Hall–Kier alpha value is -2.30. The molecule has 0 bridgehead atoms. The highest BCUT2D eigenvalue weighted by Gasteiger charge is 2.22. The second kappa shape index (κ2) is 11.5. The van der Waals surface area contributed by atoms with Gasteiger partial charge in [0.15, 0.2) is 11.6 Å². The first-order valence-electron chi connectivity index (χ1n) is 11.9. The number of benzene rings is 2. The van der Waals surface area contributed by atoms with E-state index in [-0.39, 0.29) is 23.8 Å². The zero-order valence-corrected chi connectivity index (χ0v) is 19.3. The van der Waals surface area contributed by atoms with Crippen LogP contribution in [0.2, 0.25) is 0 Å². The predicted molar refractivity (Wildman–Crippen MR) is 127 cm³/mol. The van der Waals surface area contributed by atoms with Crippen LogP contribution >= 0.6 is 0 Å². The maximum atomic E-state index is 11.1. The van der Waals surface area contributed by atoms with Crippen molar-refractivity contribution in [3.63, 3.8) is 0 Å². The molecule has 2 atom stereocenters. The standard InChI is InChI=1S/2C14H18O2/c1-10(15)11-2-4-12(5-3-11)13-6-8-14(16)9-7-13;1-10(15)11-5-7-12(8-6-11)13-3-2-4-14(16)9-13/h2-5,13-14,16H,6-9H2,1H3;5-8,13-14,16H,2-4,9H2,1H3. The fourth-order valence-corrected chi connectivity index (χ4v) is 4.86. The first-order valence-corrected chi connectivity index (χ1v) is 11.9. The Kier molecular flexibility index (Phi) is 8.77. The van der Waals surface area contributed by atoms with Crippen molar-refractivity contribution in [3.05, 3.63) is 70.8 Å². The van der Waals surface area contributed by atoms with Gasteiger partial charge in [-0.25, -0.2) is 0 Å². The molecule has 0 amide bonds. The lowest BCUT2D eigenvalue weighted by atomic mass is 9.82. The molecule has 2 saturated carbocycles. The van der Waals surface area contributed by atoms with E-state index in [9.17, 15) is 19.8 Å². The lowest BCUT2D eigenvalue weighted by molar-refractivity contribution is 0.100. The SMILES string of the molecule is CC(=O)c1ccc(C2CCC(O)CC2)cc1.CC(=O)c1ccc(C2CCCC(O)C2)cc1. The van der Waals surface area contributed by atoms with Crippen LogP contribution in [0, 0.1) is 0 Å². The number of carbonyl (C=O) groups excluding carboxylic acids is 2. The zero-order valence-electron chi connectivity index (χ0n) is 19.3. The average molecular weight is 437 g/mol. The van der Waals surface area contributed by atoms with Crippen molar-refractivity contribution in [2.45, 2.75) is 89.3 Å². The minimum absolute atomic E-state index is 0.104. The van der Waals surface area contributed by atoms with Gasteiger partial charge in [-0.1, -0.05) is 55.0 Å². The molecule has 2 aromatic carbocycles. The molecule has 2 aromatic rings. The fourth-order valence-electron chi connectivity index (χ4n) is 4.86. The van der Waals surface area contributed by atoms with Crippen LogP contribution in [0.25, 0.3) is 0 Å². The normalized spacial score (nSPS) is 25.4. The van der Waals surface area contributed by atoms with E-state index in [4.69, 9.17) is 0 Å². The summed E-state index contributed by atoms with van der Waals surface area (Å²) in [6, 6.07) is 15.7. The molecule has 0 spiro atoms. The first kappa shape index (κ1) is 24.3. The number of Topliss-reactive ketones (excluding diaryl/α,β-unsaturated/α-hetero) is 2. The topological polar surface area (TPSA) is 74.6 Å².